The molecular formula is C22H17ClFNO2. The number of benzene rings is 3. The highest BCUT2D eigenvalue weighted by atomic mass is 35.5. The van der Waals surface area contributed by atoms with Crippen LogP contribution in [0.4, 0.5) is 10.1 Å². The summed E-state index contributed by atoms with van der Waals surface area (Å²) in [4.78, 5) is 12.9. The van der Waals surface area contributed by atoms with E-state index >= 15 is 0 Å². The average Bonchev–Trinajstić information content (AvgIpc) is 2.70. The minimum Gasteiger partial charge on any atom is -0.497 e. The van der Waals surface area contributed by atoms with E-state index in [1.807, 2.05) is 54.6 Å². The first kappa shape index (κ1) is 18.7. The fourth-order valence-corrected chi connectivity index (χ4v) is 2.72. The van der Waals surface area contributed by atoms with Gasteiger partial charge in [-0.25, -0.2) is 4.39 Å². The lowest BCUT2D eigenvalue weighted by Crippen LogP contribution is -2.13. The standard InChI is InChI=1S/C22H17ClFNO2/c1-27-18-10-7-15(8-11-18)13-19(16-5-3-2-4-6-16)22(26)25-17-9-12-21(24)20(23)14-17/h2-14H,1H3,(H,25,26)/b19-13+. The van der Waals surface area contributed by atoms with E-state index in [4.69, 9.17) is 16.3 Å². The average molecular weight is 382 g/mol. The zero-order chi connectivity index (χ0) is 19.2. The van der Waals surface area contributed by atoms with Crippen molar-refractivity contribution < 1.29 is 13.9 Å². The highest BCUT2D eigenvalue weighted by Crippen LogP contribution is 2.24. The Hall–Kier alpha value is -3.11. The first-order valence-corrected chi connectivity index (χ1v) is 8.62. The fraction of sp³-hybridized carbons (Fsp3) is 0.0455. The first-order valence-electron chi connectivity index (χ1n) is 8.24. The van der Waals surface area contributed by atoms with Crippen molar-refractivity contribution in [2.75, 3.05) is 12.4 Å². The number of hydrogen-bond donors (Lipinski definition) is 1. The van der Waals surface area contributed by atoms with Crippen LogP contribution in [0, 0.1) is 5.82 Å². The van der Waals surface area contributed by atoms with Gasteiger partial charge in [-0.1, -0.05) is 54.1 Å². The molecule has 27 heavy (non-hydrogen) atoms. The van der Waals surface area contributed by atoms with Crippen LogP contribution < -0.4 is 10.1 Å². The van der Waals surface area contributed by atoms with Crippen LogP contribution in [0.25, 0.3) is 11.6 Å². The van der Waals surface area contributed by atoms with Crippen molar-refractivity contribution in [2.24, 2.45) is 0 Å². The largest absolute Gasteiger partial charge is 0.497 e. The van der Waals surface area contributed by atoms with Gasteiger partial charge < -0.3 is 10.1 Å². The molecule has 0 spiro atoms. The van der Waals surface area contributed by atoms with Gasteiger partial charge in [0.1, 0.15) is 11.6 Å². The van der Waals surface area contributed by atoms with Crippen molar-refractivity contribution >= 4 is 34.8 Å². The quantitative estimate of drug-likeness (QED) is 0.457. The van der Waals surface area contributed by atoms with Gasteiger partial charge in [0.05, 0.1) is 12.1 Å². The maximum absolute atomic E-state index is 13.3. The lowest BCUT2D eigenvalue weighted by Gasteiger charge is -2.10. The maximum Gasteiger partial charge on any atom is 0.256 e. The second kappa shape index (κ2) is 8.52. The number of carbonyl (C=O) groups is 1. The molecule has 3 aromatic carbocycles. The third kappa shape index (κ3) is 4.74. The molecule has 136 valence electrons. The summed E-state index contributed by atoms with van der Waals surface area (Å²) in [7, 11) is 1.60. The molecule has 0 saturated carbocycles. The van der Waals surface area contributed by atoms with Gasteiger partial charge in [0.2, 0.25) is 0 Å². The molecule has 0 atom stereocenters. The Labute approximate surface area is 162 Å². The first-order chi connectivity index (χ1) is 13.1. The van der Waals surface area contributed by atoms with Crippen LogP contribution in [0.1, 0.15) is 11.1 Å². The molecule has 0 heterocycles. The summed E-state index contributed by atoms with van der Waals surface area (Å²) in [6.07, 6.45) is 1.79. The Balaban J connectivity index is 1.94. The summed E-state index contributed by atoms with van der Waals surface area (Å²) in [5.74, 6) is -0.120. The topological polar surface area (TPSA) is 38.3 Å². The van der Waals surface area contributed by atoms with Crippen molar-refractivity contribution in [1.82, 2.24) is 0 Å². The van der Waals surface area contributed by atoms with E-state index in [-0.39, 0.29) is 10.9 Å². The van der Waals surface area contributed by atoms with Gasteiger partial charge in [-0.2, -0.15) is 0 Å². The number of amides is 1. The fourth-order valence-electron chi connectivity index (χ4n) is 2.54. The third-order valence-corrected chi connectivity index (χ3v) is 4.22. The van der Waals surface area contributed by atoms with Crippen molar-refractivity contribution in [3.8, 4) is 5.75 Å². The molecule has 3 nitrogen and oxygen atoms in total. The molecule has 1 amide bonds. The molecule has 0 radical (unpaired) electrons. The molecule has 0 saturated heterocycles. The van der Waals surface area contributed by atoms with E-state index in [0.717, 1.165) is 16.9 Å². The van der Waals surface area contributed by atoms with Gasteiger partial charge in [-0.05, 0) is 47.5 Å². The zero-order valence-corrected chi connectivity index (χ0v) is 15.3. The van der Waals surface area contributed by atoms with Crippen molar-refractivity contribution in [3.05, 3.63) is 94.8 Å². The summed E-state index contributed by atoms with van der Waals surface area (Å²) in [5.41, 5.74) is 2.50. The number of ether oxygens (including phenoxy) is 1. The minimum atomic E-state index is -0.535. The van der Waals surface area contributed by atoms with Gasteiger partial charge >= 0.3 is 0 Å². The Kier molecular flexibility index (Phi) is 5.89. The molecule has 1 N–H and O–H groups in total. The molecule has 0 bridgehead atoms. The van der Waals surface area contributed by atoms with Gasteiger partial charge in [-0.15, -0.1) is 0 Å². The number of halogens is 2. The lowest BCUT2D eigenvalue weighted by molar-refractivity contribution is -0.111. The number of rotatable bonds is 5. The molecule has 0 aliphatic heterocycles. The highest BCUT2D eigenvalue weighted by molar-refractivity contribution is 6.32. The van der Waals surface area contributed by atoms with E-state index in [2.05, 4.69) is 5.32 Å². The van der Waals surface area contributed by atoms with Crippen LogP contribution in [0.2, 0.25) is 5.02 Å². The summed E-state index contributed by atoms with van der Waals surface area (Å²) >= 11 is 5.80. The van der Waals surface area contributed by atoms with E-state index in [1.54, 1.807) is 13.2 Å². The highest BCUT2D eigenvalue weighted by Gasteiger charge is 2.13. The predicted octanol–water partition coefficient (Wildman–Crippen LogP) is 5.67. The number of anilines is 1. The molecule has 0 aliphatic rings. The molecule has 5 heteroatoms. The molecule has 0 aromatic heterocycles. The maximum atomic E-state index is 13.3. The van der Waals surface area contributed by atoms with Crippen LogP contribution in [0.3, 0.4) is 0 Å². The van der Waals surface area contributed by atoms with Crippen molar-refractivity contribution in [3.63, 3.8) is 0 Å². The summed E-state index contributed by atoms with van der Waals surface area (Å²) < 4.78 is 18.5. The van der Waals surface area contributed by atoms with Crippen molar-refractivity contribution in [2.45, 2.75) is 0 Å². The van der Waals surface area contributed by atoms with E-state index in [9.17, 15) is 9.18 Å². The monoisotopic (exact) mass is 381 g/mol. The summed E-state index contributed by atoms with van der Waals surface area (Å²) in [5, 5.41) is 2.72. The Morgan fingerprint density at radius 2 is 1.74 bits per heavy atom. The van der Waals surface area contributed by atoms with E-state index in [1.165, 1.54) is 18.2 Å². The predicted molar refractivity (Wildman–Crippen MR) is 107 cm³/mol. The van der Waals surface area contributed by atoms with Crippen LogP contribution in [0.5, 0.6) is 5.75 Å². The van der Waals surface area contributed by atoms with E-state index < -0.39 is 5.82 Å². The van der Waals surface area contributed by atoms with Crippen LogP contribution in [-0.2, 0) is 4.79 Å². The third-order valence-electron chi connectivity index (χ3n) is 3.93. The Morgan fingerprint density at radius 1 is 1.04 bits per heavy atom. The second-order valence-electron chi connectivity index (χ2n) is 5.78. The summed E-state index contributed by atoms with van der Waals surface area (Å²) in [6.45, 7) is 0. The smallest absolute Gasteiger partial charge is 0.256 e. The SMILES string of the molecule is COc1ccc(/C=C(/C(=O)Nc2ccc(F)c(Cl)c2)c2ccccc2)cc1. The van der Waals surface area contributed by atoms with Crippen LogP contribution in [-0.4, -0.2) is 13.0 Å². The Bertz CT molecular complexity index is 969. The normalized spacial score (nSPS) is 11.1. The molecule has 0 aliphatic carbocycles. The van der Waals surface area contributed by atoms with Gasteiger partial charge in [0, 0.05) is 11.3 Å². The van der Waals surface area contributed by atoms with Crippen LogP contribution >= 0.6 is 11.6 Å². The second-order valence-corrected chi connectivity index (χ2v) is 6.19. The zero-order valence-electron chi connectivity index (χ0n) is 14.6. The molecular weight excluding hydrogens is 365 g/mol. The summed E-state index contributed by atoms with van der Waals surface area (Å²) in [6, 6.07) is 20.8. The lowest BCUT2D eigenvalue weighted by atomic mass is 10.0. The molecule has 0 unspecified atom stereocenters. The minimum absolute atomic E-state index is 0.0480. The van der Waals surface area contributed by atoms with Crippen LogP contribution in [0.15, 0.2) is 72.8 Å². The number of hydrogen-bond acceptors (Lipinski definition) is 2. The molecule has 3 rings (SSSR count). The van der Waals surface area contributed by atoms with Gasteiger partial charge in [-0.3, -0.25) is 4.79 Å². The van der Waals surface area contributed by atoms with Crippen molar-refractivity contribution in [1.29, 1.82) is 0 Å². The number of methoxy groups -OCH3 is 1. The molecule has 0 fully saturated rings. The molecule has 3 aromatic rings. The van der Waals surface area contributed by atoms with E-state index in [0.29, 0.717) is 11.3 Å². The van der Waals surface area contributed by atoms with Gasteiger partial charge in [0.25, 0.3) is 5.91 Å². The number of nitrogens with one attached hydrogen (secondary N) is 1. The Morgan fingerprint density at radius 3 is 2.37 bits per heavy atom. The number of carbonyl (C=O) groups excluding carboxylic acids is 1. The van der Waals surface area contributed by atoms with Gasteiger partial charge in [0.15, 0.2) is 0 Å².